The van der Waals surface area contributed by atoms with E-state index in [-0.39, 0.29) is 11.9 Å². The number of likely N-dealkylation sites (N-methyl/N-ethyl adjacent to an activating group) is 1. The minimum absolute atomic E-state index is 0.113. The van der Waals surface area contributed by atoms with E-state index in [2.05, 4.69) is 34.1 Å². The van der Waals surface area contributed by atoms with E-state index in [4.69, 9.17) is 0 Å². The number of likely N-dealkylation sites (tertiary alicyclic amines) is 1. The molecule has 1 atom stereocenters. The average Bonchev–Trinajstić information content (AvgIpc) is 2.64. The Labute approximate surface area is 151 Å². The van der Waals surface area contributed by atoms with Crippen LogP contribution in [0, 0.1) is 0 Å². The van der Waals surface area contributed by atoms with Gasteiger partial charge in [-0.1, -0.05) is 0 Å². The first-order chi connectivity index (χ1) is 12.1. The molecule has 0 aliphatic carbocycles. The highest BCUT2D eigenvalue weighted by atomic mass is 16.2. The topological polar surface area (TPSA) is 51.7 Å². The predicted molar refractivity (Wildman–Crippen MR) is 101 cm³/mol. The van der Waals surface area contributed by atoms with Gasteiger partial charge in [0.15, 0.2) is 0 Å². The van der Waals surface area contributed by atoms with E-state index >= 15 is 0 Å². The van der Waals surface area contributed by atoms with Gasteiger partial charge in [-0.3, -0.25) is 9.69 Å². The quantitative estimate of drug-likeness (QED) is 0.881. The lowest BCUT2D eigenvalue weighted by Crippen LogP contribution is -2.47. The third-order valence-electron chi connectivity index (χ3n) is 5.19. The van der Waals surface area contributed by atoms with Crippen molar-refractivity contribution in [3.63, 3.8) is 0 Å². The first kappa shape index (κ1) is 18.1. The summed E-state index contributed by atoms with van der Waals surface area (Å²) in [5, 5.41) is 3.48. The number of amides is 1. The van der Waals surface area contributed by atoms with Crippen LogP contribution in [0.3, 0.4) is 0 Å². The molecule has 2 aliphatic heterocycles. The first-order valence-corrected chi connectivity index (χ1v) is 9.55. The zero-order chi connectivity index (χ0) is 17.6. The maximum atomic E-state index is 12.9. The van der Waals surface area contributed by atoms with Gasteiger partial charge in [-0.05, 0) is 45.4 Å². The Bertz CT molecular complexity index is 565. The second-order valence-corrected chi connectivity index (χ2v) is 7.40. The Morgan fingerprint density at radius 3 is 2.60 bits per heavy atom. The summed E-state index contributed by atoms with van der Waals surface area (Å²) in [6.07, 6.45) is 5.20. The highest BCUT2D eigenvalue weighted by Gasteiger charge is 2.22. The first-order valence-electron chi connectivity index (χ1n) is 9.55. The van der Waals surface area contributed by atoms with Crippen molar-refractivity contribution in [1.29, 1.82) is 0 Å². The molecule has 0 saturated carbocycles. The van der Waals surface area contributed by atoms with Crippen LogP contribution in [0.25, 0.3) is 0 Å². The van der Waals surface area contributed by atoms with Crippen molar-refractivity contribution < 1.29 is 4.79 Å². The molecule has 2 fully saturated rings. The van der Waals surface area contributed by atoms with Gasteiger partial charge in [0.25, 0.3) is 5.91 Å². The molecule has 2 aliphatic rings. The van der Waals surface area contributed by atoms with Crippen LogP contribution in [0.1, 0.15) is 36.5 Å². The number of nitrogens with one attached hydrogen (secondary N) is 1. The van der Waals surface area contributed by atoms with Crippen LogP contribution >= 0.6 is 0 Å². The second-order valence-electron chi connectivity index (χ2n) is 7.40. The van der Waals surface area contributed by atoms with E-state index in [1.54, 1.807) is 6.20 Å². The number of anilines is 1. The van der Waals surface area contributed by atoms with Crippen LogP contribution in [-0.2, 0) is 0 Å². The van der Waals surface area contributed by atoms with E-state index in [0.717, 1.165) is 64.5 Å². The standard InChI is InChI=1S/C19H31N5O/c1-16(15-23-13-11-22(2)12-14-23)21-18-17(7-6-8-20-18)19(25)24-9-4-3-5-10-24/h6-8,16H,3-5,9-15H2,1-2H3,(H,20,21). The maximum absolute atomic E-state index is 12.9. The molecule has 0 spiro atoms. The Kier molecular flexibility index (Phi) is 6.26. The number of nitrogens with zero attached hydrogens (tertiary/aromatic N) is 4. The average molecular weight is 345 g/mol. The molecule has 3 rings (SSSR count). The van der Waals surface area contributed by atoms with Crippen molar-refractivity contribution in [2.45, 2.75) is 32.2 Å². The van der Waals surface area contributed by atoms with Crippen LogP contribution in [0.5, 0.6) is 0 Å². The van der Waals surface area contributed by atoms with Crippen molar-refractivity contribution in [2.24, 2.45) is 0 Å². The summed E-state index contributed by atoms with van der Waals surface area (Å²) in [6, 6.07) is 4.01. The molecule has 25 heavy (non-hydrogen) atoms. The van der Waals surface area contributed by atoms with Gasteiger partial charge < -0.3 is 15.1 Å². The molecule has 138 valence electrons. The third-order valence-corrected chi connectivity index (χ3v) is 5.19. The van der Waals surface area contributed by atoms with E-state index in [1.807, 2.05) is 17.0 Å². The lowest BCUT2D eigenvalue weighted by Gasteiger charge is -2.34. The summed E-state index contributed by atoms with van der Waals surface area (Å²) < 4.78 is 0. The van der Waals surface area contributed by atoms with E-state index in [1.165, 1.54) is 6.42 Å². The van der Waals surface area contributed by atoms with Gasteiger partial charge in [0.05, 0.1) is 5.56 Å². The fourth-order valence-corrected chi connectivity index (χ4v) is 3.66. The summed E-state index contributed by atoms with van der Waals surface area (Å²) in [5.41, 5.74) is 0.703. The van der Waals surface area contributed by atoms with Gasteiger partial charge in [0.2, 0.25) is 0 Å². The molecular formula is C19H31N5O. The SMILES string of the molecule is CC(CN1CCN(C)CC1)Nc1ncccc1C(=O)N1CCCCC1. The Balaban J connectivity index is 1.61. The van der Waals surface area contributed by atoms with Gasteiger partial charge in [-0.25, -0.2) is 4.98 Å². The number of carbonyl (C=O) groups is 1. The lowest BCUT2D eigenvalue weighted by molar-refractivity contribution is 0.0725. The highest BCUT2D eigenvalue weighted by Crippen LogP contribution is 2.19. The molecule has 6 heteroatoms. The Hall–Kier alpha value is -1.66. The van der Waals surface area contributed by atoms with Gasteiger partial charge >= 0.3 is 0 Å². The van der Waals surface area contributed by atoms with Gasteiger partial charge in [0.1, 0.15) is 5.82 Å². The fraction of sp³-hybridized carbons (Fsp3) is 0.684. The van der Waals surface area contributed by atoms with Gasteiger partial charge in [0, 0.05) is 58.1 Å². The molecule has 0 radical (unpaired) electrons. The van der Waals surface area contributed by atoms with Crippen LogP contribution in [-0.4, -0.2) is 84.5 Å². The number of pyridine rings is 1. The van der Waals surface area contributed by atoms with Crippen molar-refractivity contribution >= 4 is 11.7 Å². The fourth-order valence-electron chi connectivity index (χ4n) is 3.66. The summed E-state index contributed by atoms with van der Waals surface area (Å²) in [6.45, 7) is 9.32. The molecule has 2 saturated heterocycles. The molecule has 6 nitrogen and oxygen atoms in total. The smallest absolute Gasteiger partial charge is 0.257 e. The molecular weight excluding hydrogens is 314 g/mol. The Morgan fingerprint density at radius 1 is 1.16 bits per heavy atom. The maximum Gasteiger partial charge on any atom is 0.257 e. The van der Waals surface area contributed by atoms with Gasteiger partial charge in [-0.15, -0.1) is 0 Å². The molecule has 1 amide bonds. The molecule has 0 bridgehead atoms. The number of carbonyl (C=O) groups excluding carboxylic acids is 1. The summed E-state index contributed by atoms with van der Waals surface area (Å²) >= 11 is 0. The normalized spacial score (nSPS) is 21.1. The number of piperazine rings is 1. The van der Waals surface area contributed by atoms with E-state index in [0.29, 0.717) is 5.56 Å². The second kappa shape index (κ2) is 8.63. The molecule has 0 aromatic carbocycles. The van der Waals surface area contributed by atoms with Crippen molar-refractivity contribution in [3.05, 3.63) is 23.9 Å². The molecule has 1 aromatic heterocycles. The number of rotatable bonds is 5. The zero-order valence-electron chi connectivity index (χ0n) is 15.6. The largest absolute Gasteiger partial charge is 0.366 e. The van der Waals surface area contributed by atoms with Crippen LogP contribution in [0.15, 0.2) is 18.3 Å². The zero-order valence-corrected chi connectivity index (χ0v) is 15.6. The van der Waals surface area contributed by atoms with E-state index in [9.17, 15) is 4.79 Å². The summed E-state index contributed by atoms with van der Waals surface area (Å²) in [7, 11) is 2.17. The van der Waals surface area contributed by atoms with E-state index < -0.39 is 0 Å². The number of hydrogen-bond acceptors (Lipinski definition) is 5. The molecule has 1 aromatic rings. The Morgan fingerprint density at radius 2 is 1.88 bits per heavy atom. The van der Waals surface area contributed by atoms with Crippen LogP contribution < -0.4 is 5.32 Å². The van der Waals surface area contributed by atoms with Crippen LogP contribution in [0.4, 0.5) is 5.82 Å². The number of aromatic nitrogens is 1. The van der Waals surface area contributed by atoms with Crippen molar-refractivity contribution in [3.8, 4) is 0 Å². The van der Waals surface area contributed by atoms with Crippen LogP contribution in [0.2, 0.25) is 0 Å². The monoisotopic (exact) mass is 345 g/mol. The highest BCUT2D eigenvalue weighted by molar-refractivity contribution is 5.98. The molecule has 1 N–H and O–H groups in total. The molecule has 1 unspecified atom stereocenters. The lowest BCUT2D eigenvalue weighted by atomic mass is 10.1. The number of hydrogen-bond donors (Lipinski definition) is 1. The third kappa shape index (κ3) is 4.92. The summed E-state index contributed by atoms with van der Waals surface area (Å²) in [5.74, 6) is 0.835. The minimum Gasteiger partial charge on any atom is -0.366 e. The predicted octanol–water partition coefficient (Wildman–Crippen LogP) is 1.76. The summed E-state index contributed by atoms with van der Waals surface area (Å²) in [4.78, 5) is 24.1. The van der Waals surface area contributed by atoms with Gasteiger partial charge in [-0.2, -0.15) is 0 Å². The van der Waals surface area contributed by atoms with Crippen molar-refractivity contribution in [1.82, 2.24) is 19.7 Å². The molecule has 3 heterocycles. The number of piperidine rings is 1. The minimum atomic E-state index is 0.113. The van der Waals surface area contributed by atoms with Crippen molar-refractivity contribution in [2.75, 3.05) is 58.2 Å².